The van der Waals surface area contributed by atoms with Crippen LogP contribution in [0.1, 0.15) is 39.7 Å². The highest BCUT2D eigenvalue weighted by molar-refractivity contribution is 7.08. The molecule has 1 aromatic heterocycles. The molecule has 1 atom stereocenters. The third kappa shape index (κ3) is 3.12. The highest BCUT2D eigenvalue weighted by atomic mass is 32.1. The van der Waals surface area contributed by atoms with Crippen molar-refractivity contribution in [3.05, 3.63) is 22.4 Å². The van der Waals surface area contributed by atoms with E-state index in [0.29, 0.717) is 0 Å². The molecule has 1 aromatic rings. The monoisotopic (exact) mass is 198 g/mol. The van der Waals surface area contributed by atoms with Crippen LogP contribution in [0.2, 0.25) is 0 Å². The minimum Gasteiger partial charge on any atom is -0.385 e. The van der Waals surface area contributed by atoms with Gasteiger partial charge >= 0.3 is 0 Å². The van der Waals surface area contributed by atoms with Gasteiger partial charge in [0, 0.05) is 0 Å². The molecule has 0 saturated carbocycles. The Morgan fingerprint density at radius 3 is 2.31 bits per heavy atom. The second-order valence-electron chi connectivity index (χ2n) is 5.02. The number of aliphatic hydroxyl groups is 1. The smallest absolute Gasteiger partial charge is 0.0881 e. The van der Waals surface area contributed by atoms with E-state index in [-0.39, 0.29) is 5.41 Å². The Morgan fingerprint density at radius 1 is 1.31 bits per heavy atom. The second kappa shape index (κ2) is 3.43. The first-order chi connectivity index (χ1) is 5.81. The first-order valence-electron chi connectivity index (χ1n) is 4.56. The average Bonchev–Trinajstić information content (AvgIpc) is 2.29. The van der Waals surface area contributed by atoms with E-state index < -0.39 is 5.60 Å². The molecule has 0 aromatic carbocycles. The van der Waals surface area contributed by atoms with Crippen molar-refractivity contribution in [2.75, 3.05) is 0 Å². The topological polar surface area (TPSA) is 20.2 Å². The quantitative estimate of drug-likeness (QED) is 0.772. The van der Waals surface area contributed by atoms with Gasteiger partial charge in [-0.1, -0.05) is 20.8 Å². The van der Waals surface area contributed by atoms with Crippen LogP contribution in [0.5, 0.6) is 0 Å². The highest BCUT2D eigenvalue weighted by Gasteiger charge is 2.29. The molecule has 0 aliphatic carbocycles. The van der Waals surface area contributed by atoms with Gasteiger partial charge in [-0.05, 0) is 41.1 Å². The van der Waals surface area contributed by atoms with Crippen LogP contribution in [0.3, 0.4) is 0 Å². The average molecular weight is 198 g/mol. The van der Waals surface area contributed by atoms with Gasteiger partial charge in [0.05, 0.1) is 5.60 Å². The van der Waals surface area contributed by atoms with E-state index in [4.69, 9.17) is 0 Å². The fourth-order valence-corrected chi connectivity index (χ4v) is 2.49. The summed E-state index contributed by atoms with van der Waals surface area (Å²) in [6, 6.07) is 2.00. The van der Waals surface area contributed by atoms with Crippen molar-refractivity contribution in [1.82, 2.24) is 0 Å². The summed E-state index contributed by atoms with van der Waals surface area (Å²) in [5, 5.41) is 14.2. The van der Waals surface area contributed by atoms with E-state index in [0.717, 1.165) is 12.0 Å². The van der Waals surface area contributed by atoms with Gasteiger partial charge in [-0.25, -0.2) is 0 Å². The van der Waals surface area contributed by atoms with Crippen molar-refractivity contribution in [3.63, 3.8) is 0 Å². The van der Waals surface area contributed by atoms with E-state index in [1.165, 1.54) is 0 Å². The molecule has 0 spiro atoms. The third-order valence-electron chi connectivity index (χ3n) is 2.02. The van der Waals surface area contributed by atoms with Gasteiger partial charge in [-0.2, -0.15) is 11.3 Å². The first-order valence-corrected chi connectivity index (χ1v) is 5.51. The minimum absolute atomic E-state index is 0.158. The molecule has 1 N–H and O–H groups in total. The maximum absolute atomic E-state index is 10.2. The van der Waals surface area contributed by atoms with E-state index in [1.807, 2.05) is 23.8 Å². The Labute approximate surface area is 84.4 Å². The predicted molar refractivity (Wildman–Crippen MR) is 58.0 cm³/mol. The maximum atomic E-state index is 10.2. The van der Waals surface area contributed by atoms with Crippen LogP contribution in [0.25, 0.3) is 0 Å². The van der Waals surface area contributed by atoms with Crippen molar-refractivity contribution >= 4 is 11.3 Å². The van der Waals surface area contributed by atoms with E-state index >= 15 is 0 Å². The Morgan fingerprint density at radius 2 is 1.92 bits per heavy atom. The Kier molecular flexibility index (Phi) is 2.83. The molecule has 1 unspecified atom stereocenters. The maximum Gasteiger partial charge on any atom is 0.0881 e. The molecule has 0 bridgehead atoms. The molecule has 74 valence electrons. The van der Waals surface area contributed by atoms with Gasteiger partial charge in [-0.15, -0.1) is 0 Å². The van der Waals surface area contributed by atoms with Crippen molar-refractivity contribution in [2.24, 2.45) is 5.41 Å². The summed E-state index contributed by atoms with van der Waals surface area (Å²) in [6.07, 6.45) is 0.788. The molecule has 1 heterocycles. The van der Waals surface area contributed by atoms with Gasteiger partial charge in [0.2, 0.25) is 0 Å². The molecule has 0 aliphatic rings. The summed E-state index contributed by atoms with van der Waals surface area (Å²) in [5.74, 6) is 0. The molecule has 0 saturated heterocycles. The van der Waals surface area contributed by atoms with Gasteiger partial charge in [0.1, 0.15) is 0 Å². The summed E-state index contributed by atoms with van der Waals surface area (Å²) >= 11 is 1.63. The lowest BCUT2D eigenvalue weighted by molar-refractivity contribution is 0.0155. The largest absolute Gasteiger partial charge is 0.385 e. The molecule has 1 rings (SSSR count). The summed E-state index contributed by atoms with van der Waals surface area (Å²) in [6.45, 7) is 8.33. The lowest BCUT2D eigenvalue weighted by Gasteiger charge is -2.30. The molecule has 13 heavy (non-hydrogen) atoms. The summed E-state index contributed by atoms with van der Waals surface area (Å²) in [4.78, 5) is 0. The fourth-order valence-electron chi connectivity index (χ4n) is 1.71. The number of rotatable bonds is 2. The van der Waals surface area contributed by atoms with Crippen LogP contribution < -0.4 is 0 Å². The zero-order chi connectivity index (χ0) is 10.1. The van der Waals surface area contributed by atoms with Gasteiger partial charge in [0.15, 0.2) is 0 Å². The number of thiophene rings is 1. The van der Waals surface area contributed by atoms with Crippen molar-refractivity contribution in [3.8, 4) is 0 Å². The van der Waals surface area contributed by atoms with Crippen LogP contribution >= 0.6 is 11.3 Å². The normalized spacial score (nSPS) is 17.0. The van der Waals surface area contributed by atoms with Crippen LogP contribution in [-0.4, -0.2) is 5.11 Å². The predicted octanol–water partition coefficient (Wildman–Crippen LogP) is 3.39. The Balaban J connectivity index is 2.78. The minimum atomic E-state index is -0.682. The zero-order valence-corrected chi connectivity index (χ0v) is 9.61. The molecule has 0 amide bonds. The Bertz CT molecular complexity index is 254. The van der Waals surface area contributed by atoms with Gasteiger partial charge < -0.3 is 5.11 Å². The first kappa shape index (κ1) is 10.7. The fraction of sp³-hybridized carbons (Fsp3) is 0.636. The molecular formula is C11H18OS. The number of hydrogen-bond donors (Lipinski definition) is 1. The van der Waals surface area contributed by atoms with Crippen molar-refractivity contribution in [2.45, 2.75) is 39.7 Å². The highest BCUT2D eigenvalue weighted by Crippen LogP contribution is 2.34. The van der Waals surface area contributed by atoms with E-state index in [2.05, 4.69) is 20.8 Å². The van der Waals surface area contributed by atoms with Crippen LogP contribution in [0.15, 0.2) is 16.8 Å². The molecule has 1 nitrogen and oxygen atoms in total. The molecule has 2 heteroatoms. The lowest BCUT2D eigenvalue weighted by Crippen LogP contribution is -2.27. The Hall–Kier alpha value is -0.340. The molecule has 0 aliphatic heterocycles. The van der Waals surface area contributed by atoms with Crippen LogP contribution in [0.4, 0.5) is 0 Å². The number of hydrogen-bond acceptors (Lipinski definition) is 2. The van der Waals surface area contributed by atoms with Crippen molar-refractivity contribution in [1.29, 1.82) is 0 Å². The van der Waals surface area contributed by atoms with E-state index in [1.54, 1.807) is 11.3 Å². The standard InChI is InChI=1S/C11H18OS/c1-10(2,3)8-11(4,12)9-5-6-13-7-9/h5-7,12H,8H2,1-4H3. The summed E-state index contributed by atoms with van der Waals surface area (Å²) < 4.78 is 0. The van der Waals surface area contributed by atoms with Crippen LogP contribution in [0, 0.1) is 5.41 Å². The molecular weight excluding hydrogens is 180 g/mol. The molecule has 0 fully saturated rings. The second-order valence-corrected chi connectivity index (χ2v) is 5.80. The van der Waals surface area contributed by atoms with E-state index in [9.17, 15) is 5.11 Å². The SMILES string of the molecule is CC(C)(C)CC(C)(O)c1ccsc1. The summed E-state index contributed by atoms with van der Waals surface area (Å²) in [5.41, 5.74) is 0.511. The molecule has 0 radical (unpaired) electrons. The lowest BCUT2D eigenvalue weighted by atomic mass is 9.80. The summed E-state index contributed by atoms with van der Waals surface area (Å²) in [7, 11) is 0. The zero-order valence-electron chi connectivity index (χ0n) is 8.79. The van der Waals surface area contributed by atoms with Crippen LogP contribution in [-0.2, 0) is 5.60 Å². The van der Waals surface area contributed by atoms with Gasteiger partial charge in [-0.3, -0.25) is 0 Å². The van der Waals surface area contributed by atoms with Gasteiger partial charge in [0.25, 0.3) is 0 Å². The van der Waals surface area contributed by atoms with Crippen molar-refractivity contribution < 1.29 is 5.11 Å². The third-order valence-corrected chi connectivity index (χ3v) is 2.70.